The second-order valence-corrected chi connectivity index (χ2v) is 12.2. The van der Waals surface area contributed by atoms with Crippen LogP contribution in [-0.4, -0.2) is 43.8 Å². The van der Waals surface area contributed by atoms with Crippen LogP contribution >= 0.6 is 32.0 Å². The molecular weight excluding hydrogens is 573 g/mol. The molecule has 2 aromatic carbocycles. The Balaban J connectivity index is 0.000000716. The molecule has 8 nitrogen and oxygen atoms in total. The molecule has 11 heteroatoms. The number of halogens is 1. The molecule has 0 aromatic heterocycles. The topological polar surface area (TPSA) is 95.5 Å². The fourth-order valence-electron chi connectivity index (χ4n) is 3.13. The first-order chi connectivity index (χ1) is 19.0. The van der Waals surface area contributed by atoms with Crippen LogP contribution in [0.1, 0.15) is 72.4 Å². The summed E-state index contributed by atoms with van der Waals surface area (Å²) in [6, 6.07) is 11.5. The van der Waals surface area contributed by atoms with Crippen molar-refractivity contribution in [3.63, 3.8) is 0 Å². The minimum absolute atomic E-state index is 0.116. The number of benzene rings is 2. The number of hydrogen-bond acceptors (Lipinski definition) is 8. The normalized spacial score (nSPS) is 11.5. The fraction of sp³-hybridized carbons (Fsp3) is 0.552. The van der Waals surface area contributed by atoms with E-state index >= 15 is 0 Å². The summed E-state index contributed by atoms with van der Waals surface area (Å²) in [5, 5.41) is 12.4. The maximum absolute atomic E-state index is 11.7. The summed E-state index contributed by atoms with van der Waals surface area (Å²) >= 11 is 7.72. The molecule has 1 unspecified atom stereocenters. The van der Waals surface area contributed by atoms with E-state index in [0.717, 1.165) is 45.2 Å². The molecule has 0 aliphatic heterocycles. The highest BCUT2D eigenvalue weighted by Gasteiger charge is 2.20. The molecule has 0 aliphatic carbocycles. The third kappa shape index (κ3) is 16.0. The minimum Gasteiger partial charge on any atom is -0.444 e. The van der Waals surface area contributed by atoms with Crippen LogP contribution in [0.5, 0.6) is 5.75 Å². The molecule has 1 amide bonds. The van der Waals surface area contributed by atoms with E-state index < -0.39 is 20.3 Å². The van der Waals surface area contributed by atoms with Crippen molar-refractivity contribution in [1.29, 1.82) is 0 Å². The van der Waals surface area contributed by atoms with E-state index in [1.54, 1.807) is 6.07 Å². The zero-order valence-electron chi connectivity index (χ0n) is 25.5. The van der Waals surface area contributed by atoms with Crippen LogP contribution in [0.25, 0.3) is 0 Å². The summed E-state index contributed by atoms with van der Waals surface area (Å²) in [4.78, 5) is 18.0. The first-order valence-electron chi connectivity index (χ1n) is 13.3. The number of rotatable bonds is 12. The first-order valence-corrected chi connectivity index (χ1v) is 15.6. The van der Waals surface area contributed by atoms with Crippen LogP contribution in [0.4, 0.5) is 4.79 Å². The number of amides is 1. The zero-order valence-corrected chi connectivity index (χ0v) is 28.0. The van der Waals surface area contributed by atoms with Gasteiger partial charge in [-0.15, -0.1) is 0 Å². The summed E-state index contributed by atoms with van der Waals surface area (Å²) < 4.78 is 20.6. The lowest BCUT2D eigenvalue weighted by atomic mass is 10.2. The van der Waals surface area contributed by atoms with Crippen molar-refractivity contribution >= 4 is 38.1 Å². The third-order valence-corrected chi connectivity index (χ3v) is 7.20. The third-order valence-electron chi connectivity index (χ3n) is 4.87. The SMILES string of the molecule is CC.CCCC(COP(OC)OC)NC(=O)OC(C)(C)C.CCc1ccc(Sc2cc(C)ccc2OO)cc1Cl. The average Bonchev–Trinajstić information content (AvgIpc) is 2.90. The van der Waals surface area contributed by atoms with Crippen LogP contribution in [0.15, 0.2) is 46.2 Å². The Bertz CT molecular complexity index is 987. The van der Waals surface area contributed by atoms with Gasteiger partial charge in [-0.1, -0.05) is 69.6 Å². The smallest absolute Gasteiger partial charge is 0.407 e. The monoisotopic (exact) mass is 619 g/mol. The molecule has 228 valence electrons. The second kappa shape index (κ2) is 21.2. The van der Waals surface area contributed by atoms with Crippen LogP contribution in [0, 0.1) is 6.92 Å². The van der Waals surface area contributed by atoms with E-state index in [1.807, 2.05) is 78.8 Å². The summed E-state index contributed by atoms with van der Waals surface area (Å²) in [7, 11) is 1.69. The molecule has 0 bridgehead atoms. The van der Waals surface area contributed by atoms with Crippen LogP contribution in [-0.2, 0) is 24.7 Å². The van der Waals surface area contributed by atoms with Gasteiger partial charge in [0.05, 0.1) is 17.5 Å². The molecule has 0 saturated heterocycles. The van der Waals surface area contributed by atoms with Crippen molar-refractivity contribution < 1.29 is 33.2 Å². The Labute approximate surface area is 251 Å². The maximum atomic E-state index is 11.7. The molecular formula is C29H47ClNO7PS. The van der Waals surface area contributed by atoms with Gasteiger partial charge in [-0.05, 0) is 75.9 Å². The molecule has 2 aromatic rings. The highest BCUT2D eigenvalue weighted by Crippen LogP contribution is 2.38. The standard InChI is InChI=1S/C15H15ClO2S.C12H26NO5P.C2H6/c1-3-11-5-6-12(9-13(11)16)19-15-8-10(2)4-7-14(15)18-17;1-7-8-10(9-17-19(15-5)16-6)13-11(14)18-12(2,3)4;1-2/h4-9,17H,3H2,1-2H3;10H,7-9H2,1-6H3,(H,13,14);1-2H3. The van der Waals surface area contributed by atoms with Gasteiger partial charge in [0.15, 0.2) is 5.75 Å². The predicted octanol–water partition coefficient (Wildman–Crippen LogP) is 9.46. The van der Waals surface area contributed by atoms with Crippen molar-refractivity contribution in [3.8, 4) is 5.75 Å². The largest absolute Gasteiger partial charge is 0.444 e. The Hall–Kier alpha value is -1.58. The molecule has 0 heterocycles. The quantitative estimate of drug-likeness (QED) is 0.138. The van der Waals surface area contributed by atoms with Crippen molar-refractivity contribution in [3.05, 3.63) is 52.5 Å². The molecule has 40 heavy (non-hydrogen) atoms. The molecule has 0 spiro atoms. The van der Waals surface area contributed by atoms with Gasteiger partial charge in [0, 0.05) is 24.1 Å². The van der Waals surface area contributed by atoms with Crippen LogP contribution in [0.2, 0.25) is 5.02 Å². The van der Waals surface area contributed by atoms with Crippen molar-refractivity contribution in [2.45, 2.75) is 96.1 Å². The highest BCUT2D eigenvalue weighted by atomic mass is 35.5. The predicted molar refractivity (Wildman–Crippen MR) is 166 cm³/mol. The lowest BCUT2D eigenvalue weighted by Gasteiger charge is -2.24. The van der Waals surface area contributed by atoms with Crippen molar-refractivity contribution in [1.82, 2.24) is 5.32 Å². The Morgan fingerprint density at radius 2 is 1.75 bits per heavy atom. The van der Waals surface area contributed by atoms with E-state index in [4.69, 9.17) is 35.2 Å². The number of ether oxygens (including phenoxy) is 1. The van der Waals surface area contributed by atoms with Crippen LogP contribution < -0.4 is 10.2 Å². The number of carbonyl (C=O) groups is 1. The molecule has 0 aliphatic rings. The number of hydrogen-bond donors (Lipinski definition) is 2. The minimum atomic E-state index is -1.34. The lowest BCUT2D eigenvalue weighted by molar-refractivity contribution is -0.140. The van der Waals surface area contributed by atoms with E-state index in [0.29, 0.717) is 12.4 Å². The van der Waals surface area contributed by atoms with Crippen molar-refractivity contribution in [2.75, 3.05) is 20.8 Å². The van der Waals surface area contributed by atoms with Crippen molar-refractivity contribution in [2.24, 2.45) is 0 Å². The molecule has 2 rings (SSSR count). The van der Waals surface area contributed by atoms with E-state index in [-0.39, 0.29) is 6.04 Å². The number of alkyl carbamates (subject to hydrolysis) is 1. The Kier molecular flexibility index (Phi) is 20.3. The first kappa shape index (κ1) is 38.4. The summed E-state index contributed by atoms with van der Waals surface area (Å²) in [6.07, 6.45) is 2.21. The number of aryl methyl sites for hydroxylation is 2. The van der Waals surface area contributed by atoms with Gasteiger partial charge in [-0.25, -0.2) is 10.1 Å². The van der Waals surface area contributed by atoms with Crippen LogP contribution in [0.3, 0.4) is 0 Å². The summed E-state index contributed by atoms with van der Waals surface area (Å²) in [6.45, 7) is 15.9. The van der Waals surface area contributed by atoms with Gasteiger partial charge in [0.1, 0.15) is 5.60 Å². The lowest BCUT2D eigenvalue weighted by Crippen LogP contribution is -2.41. The van der Waals surface area contributed by atoms with Gasteiger partial charge < -0.3 is 28.5 Å². The maximum Gasteiger partial charge on any atom is 0.407 e. The zero-order chi connectivity index (χ0) is 30.7. The molecule has 1 atom stereocenters. The highest BCUT2D eigenvalue weighted by molar-refractivity contribution is 7.99. The van der Waals surface area contributed by atoms with E-state index in [9.17, 15) is 4.79 Å². The van der Waals surface area contributed by atoms with E-state index in [1.165, 1.54) is 26.0 Å². The second-order valence-electron chi connectivity index (χ2n) is 9.27. The van der Waals surface area contributed by atoms with Gasteiger partial charge in [-0.3, -0.25) is 0 Å². The summed E-state index contributed by atoms with van der Waals surface area (Å²) in [5.74, 6) is 0.450. The fourth-order valence-corrected chi connectivity index (χ4v) is 5.18. The Morgan fingerprint density at radius 3 is 2.25 bits per heavy atom. The van der Waals surface area contributed by atoms with Gasteiger partial charge in [0.25, 0.3) is 0 Å². The molecule has 0 fully saturated rings. The number of carbonyl (C=O) groups excluding carboxylic acids is 1. The van der Waals surface area contributed by atoms with Gasteiger partial charge in [0.2, 0.25) is 0 Å². The van der Waals surface area contributed by atoms with Gasteiger partial charge in [-0.2, -0.15) is 0 Å². The number of nitrogens with one attached hydrogen (secondary N) is 1. The molecule has 2 N–H and O–H groups in total. The Morgan fingerprint density at radius 1 is 1.10 bits per heavy atom. The van der Waals surface area contributed by atoms with E-state index in [2.05, 4.69) is 17.1 Å². The average molecular weight is 620 g/mol. The summed E-state index contributed by atoms with van der Waals surface area (Å²) in [5.41, 5.74) is 1.74. The van der Waals surface area contributed by atoms with Gasteiger partial charge >= 0.3 is 14.7 Å². The molecule has 0 radical (unpaired) electrons. The molecule has 0 saturated carbocycles.